The van der Waals surface area contributed by atoms with Crippen LogP contribution >= 0.6 is 0 Å². The second kappa shape index (κ2) is 9.70. The van der Waals surface area contributed by atoms with Gasteiger partial charge in [-0.3, -0.25) is 9.59 Å². The lowest BCUT2D eigenvalue weighted by molar-refractivity contribution is -0.138. The summed E-state index contributed by atoms with van der Waals surface area (Å²) in [5, 5.41) is 12.2. The molecule has 1 aliphatic heterocycles. The summed E-state index contributed by atoms with van der Waals surface area (Å²) in [6.07, 6.45) is 0.677. The number of aliphatic hydroxyl groups is 1. The number of benzene rings is 1. The summed E-state index contributed by atoms with van der Waals surface area (Å²) in [7, 11) is 0. The van der Waals surface area contributed by atoms with Crippen molar-refractivity contribution in [3.8, 4) is 17.0 Å². The topological polar surface area (TPSA) is 120 Å². The fourth-order valence-electron chi connectivity index (χ4n) is 4.67. The lowest BCUT2D eigenvalue weighted by atomic mass is 10.0. The van der Waals surface area contributed by atoms with E-state index in [4.69, 9.17) is 4.74 Å². The predicted molar refractivity (Wildman–Crippen MR) is 131 cm³/mol. The molecule has 3 N–H and O–H groups in total. The van der Waals surface area contributed by atoms with Gasteiger partial charge in [-0.1, -0.05) is 6.07 Å². The SMILES string of the molecule is Cc1ccc(OCC2CC2)c(-c2ncnc3c(C(=O)N[C@H]4CN(C(=O)[C@H](C)O)C[C@@H]4F)c(C)[nH]c23)c1F. The third-order valence-electron chi connectivity index (χ3n) is 6.94. The molecule has 1 saturated heterocycles. The molecule has 2 fully saturated rings. The number of likely N-dealkylation sites (tertiary alicyclic amines) is 1. The van der Waals surface area contributed by atoms with E-state index in [0.717, 1.165) is 12.8 Å². The van der Waals surface area contributed by atoms with Gasteiger partial charge in [0.2, 0.25) is 0 Å². The number of carbonyl (C=O) groups is 2. The number of carbonyl (C=O) groups excluding carboxylic acids is 2. The molecule has 0 unspecified atom stereocenters. The summed E-state index contributed by atoms with van der Waals surface area (Å²) < 4.78 is 36.0. The van der Waals surface area contributed by atoms with Gasteiger partial charge in [-0.2, -0.15) is 0 Å². The van der Waals surface area contributed by atoms with Crippen LogP contribution in [-0.2, 0) is 4.79 Å². The van der Waals surface area contributed by atoms with Crippen molar-refractivity contribution in [2.75, 3.05) is 19.7 Å². The summed E-state index contributed by atoms with van der Waals surface area (Å²) in [5.74, 6) is -0.822. The summed E-state index contributed by atoms with van der Waals surface area (Å²) in [6.45, 7) is 4.84. The van der Waals surface area contributed by atoms with E-state index in [1.807, 2.05) is 0 Å². The number of alkyl halides is 1. The highest BCUT2D eigenvalue weighted by Gasteiger charge is 2.38. The van der Waals surface area contributed by atoms with E-state index in [1.165, 1.54) is 18.2 Å². The third kappa shape index (κ3) is 4.75. The van der Waals surface area contributed by atoms with Gasteiger partial charge >= 0.3 is 0 Å². The molecule has 2 amide bonds. The number of ether oxygens (including phenoxy) is 1. The number of hydrogen-bond acceptors (Lipinski definition) is 6. The maximum absolute atomic E-state index is 15.4. The number of nitrogens with zero attached hydrogens (tertiary/aromatic N) is 3. The van der Waals surface area contributed by atoms with E-state index in [9.17, 15) is 19.1 Å². The molecule has 37 heavy (non-hydrogen) atoms. The first-order valence-corrected chi connectivity index (χ1v) is 12.3. The first-order valence-electron chi connectivity index (χ1n) is 12.3. The molecule has 196 valence electrons. The second-order valence-corrected chi connectivity index (χ2v) is 9.91. The van der Waals surface area contributed by atoms with Crippen molar-refractivity contribution in [2.45, 2.75) is 51.9 Å². The molecule has 0 radical (unpaired) electrons. The predicted octanol–water partition coefficient (Wildman–Crippen LogP) is 2.83. The van der Waals surface area contributed by atoms with Gasteiger partial charge in [-0.05, 0) is 51.2 Å². The Balaban J connectivity index is 1.47. The largest absolute Gasteiger partial charge is 0.492 e. The van der Waals surface area contributed by atoms with Gasteiger partial charge < -0.3 is 25.0 Å². The lowest BCUT2D eigenvalue weighted by Crippen LogP contribution is -2.42. The summed E-state index contributed by atoms with van der Waals surface area (Å²) in [5.41, 5.74) is 2.13. The number of fused-ring (bicyclic) bond motifs is 1. The van der Waals surface area contributed by atoms with E-state index < -0.39 is 35.9 Å². The molecule has 9 nitrogen and oxygen atoms in total. The molecule has 1 aliphatic carbocycles. The van der Waals surface area contributed by atoms with Crippen LogP contribution in [0, 0.1) is 25.6 Å². The summed E-state index contributed by atoms with van der Waals surface area (Å²) in [6, 6.07) is 2.42. The van der Waals surface area contributed by atoms with Crippen LogP contribution < -0.4 is 10.1 Å². The van der Waals surface area contributed by atoms with Crippen LogP contribution in [0.25, 0.3) is 22.3 Å². The number of aryl methyl sites for hydroxylation is 2. The minimum atomic E-state index is -1.49. The van der Waals surface area contributed by atoms with E-state index in [-0.39, 0.29) is 35.4 Å². The zero-order valence-electron chi connectivity index (χ0n) is 20.8. The molecule has 0 spiro atoms. The van der Waals surface area contributed by atoms with Crippen LogP contribution in [0.5, 0.6) is 5.75 Å². The Morgan fingerprint density at radius 2 is 2.03 bits per heavy atom. The Kier molecular flexibility index (Phi) is 6.57. The van der Waals surface area contributed by atoms with Crippen LogP contribution in [0.2, 0.25) is 0 Å². The van der Waals surface area contributed by atoms with Gasteiger partial charge in [-0.15, -0.1) is 0 Å². The van der Waals surface area contributed by atoms with Gasteiger partial charge in [0.1, 0.15) is 41.4 Å². The van der Waals surface area contributed by atoms with Crippen molar-refractivity contribution in [3.63, 3.8) is 0 Å². The molecular formula is C26H29F2N5O4. The Labute approximate surface area is 212 Å². The first kappa shape index (κ1) is 25.1. The van der Waals surface area contributed by atoms with Crippen molar-refractivity contribution in [1.82, 2.24) is 25.2 Å². The number of amides is 2. The monoisotopic (exact) mass is 513 g/mol. The number of aromatic nitrogens is 3. The van der Waals surface area contributed by atoms with Crippen LogP contribution in [0.1, 0.15) is 41.4 Å². The molecule has 5 rings (SSSR count). The van der Waals surface area contributed by atoms with Crippen molar-refractivity contribution in [3.05, 3.63) is 41.1 Å². The summed E-state index contributed by atoms with van der Waals surface area (Å²) >= 11 is 0. The number of halogens is 2. The molecule has 2 aromatic heterocycles. The highest BCUT2D eigenvalue weighted by atomic mass is 19.1. The van der Waals surface area contributed by atoms with E-state index >= 15 is 4.39 Å². The Morgan fingerprint density at radius 3 is 2.73 bits per heavy atom. The number of nitrogens with one attached hydrogen (secondary N) is 2. The zero-order chi connectivity index (χ0) is 26.4. The normalized spacial score (nSPS) is 20.3. The first-order chi connectivity index (χ1) is 17.7. The van der Waals surface area contributed by atoms with E-state index in [0.29, 0.717) is 35.0 Å². The molecule has 1 aromatic carbocycles. The fourth-order valence-corrected chi connectivity index (χ4v) is 4.67. The van der Waals surface area contributed by atoms with Gasteiger partial charge in [0.05, 0.1) is 35.8 Å². The quantitative estimate of drug-likeness (QED) is 0.447. The molecule has 3 heterocycles. The van der Waals surface area contributed by atoms with Crippen molar-refractivity contribution >= 4 is 22.8 Å². The van der Waals surface area contributed by atoms with Crippen LogP contribution in [0.3, 0.4) is 0 Å². The zero-order valence-corrected chi connectivity index (χ0v) is 20.8. The molecule has 3 aromatic rings. The minimum absolute atomic E-state index is 0.0610. The Morgan fingerprint density at radius 1 is 1.27 bits per heavy atom. The Hall–Kier alpha value is -3.60. The lowest BCUT2D eigenvalue weighted by Gasteiger charge is -2.18. The standard InChI is InChI=1S/C26H29F2N5O4/c1-12-4-7-18(37-10-15-5-6-15)20(21(12)28)23-24-22(29-11-30-23)19(13(2)31-24)25(35)32-17-9-33(8-16(17)27)26(36)14(3)34/h4,7,11,14-17,31,34H,5-6,8-10H2,1-3H3,(H,32,35)/t14-,16-,17-/m0/s1. The number of aromatic amines is 1. The van der Waals surface area contributed by atoms with E-state index in [2.05, 4.69) is 20.3 Å². The van der Waals surface area contributed by atoms with Gasteiger partial charge in [-0.25, -0.2) is 18.7 Å². The molecular weight excluding hydrogens is 484 g/mol. The number of hydrogen-bond donors (Lipinski definition) is 3. The number of aliphatic hydroxyl groups excluding tert-OH is 1. The fraction of sp³-hybridized carbons (Fsp3) is 0.462. The molecule has 2 aliphatic rings. The average Bonchev–Trinajstić information content (AvgIpc) is 3.53. The van der Waals surface area contributed by atoms with E-state index in [1.54, 1.807) is 26.0 Å². The molecule has 3 atom stereocenters. The van der Waals surface area contributed by atoms with Gasteiger partial charge in [0.15, 0.2) is 0 Å². The second-order valence-electron chi connectivity index (χ2n) is 9.91. The van der Waals surface area contributed by atoms with Crippen LogP contribution in [-0.4, -0.2) is 74.8 Å². The molecule has 11 heteroatoms. The number of rotatable bonds is 7. The van der Waals surface area contributed by atoms with Crippen LogP contribution in [0.15, 0.2) is 18.5 Å². The van der Waals surface area contributed by atoms with Crippen molar-refractivity contribution < 1.29 is 28.2 Å². The maximum Gasteiger partial charge on any atom is 0.255 e. The summed E-state index contributed by atoms with van der Waals surface area (Å²) in [4.78, 5) is 38.2. The van der Waals surface area contributed by atoms with Crippen molar-refractivity contribution in [1.29, 1.82) is 0 Å². The third-order valence-corrected chi connectivity index (χ3v) is 6.94. The highest BCUT2D eigenvalue weighted by Crippen LogP contribution is 2.39. The van der Waals surface area contributed by atoms with Crippen LogP contribution in [0.4, 0.5) is 8.78 Å². The molecule has 1 saturated carbocycles. The minimum Gasteiger partial charge on any atom is -0.492 e. The highest BCUT2D eigenvalue weighted by molar-refractivity contribution is 6.09. The maximum atomic E-state index is 15.4. The number of H-pyrrole nitrogens is 1. The molecule has 0 bridgehead atoms. The Bertz CT molecular complexity index is 1370. The smallest absolute Gasteiger partial charge is 0.255 e. The van der Waals surface area contributed by atoms with Crippen molar-refractivity contribution in [2.24, 2.45) is 5.92 Å². The van der Waals surface area contributed by atoms with Gasteiger partial charge in [0.25, 0.3) is 11.8 Å². The average molecular weight is 514 g/mol. The van der Waals surface area contributed by atoms with Gasteiger partial charge in [0, 0.05) is 12.2 Å².